The number of amides is 1. The molecule has 4 rings (SSSR count). The van der Waals surface area contributed by atoms with Gasteiger partial charge in [0.05, 0.1) is 5.69 Å². The molecule has 1 amide bonds. The summed E-state index contributed by atoms with van der Waals surface area (Å²) in [6.07, 6.45) is 2.66. The average molecular weight is 391 g/mol. The van der Waals surface area contributed by atoms with E-state index in [0.717, 1.165) is 36.1 Å². The number of anilines is 1. The van der Waals surface area contributed by atoms with Crippen molar-refractivity contribution < 1.29 is 18.0 Å². The highest BCUT2D eigenvalue weighted by Crippen LogP contribution is 2.47. The molecule has 0 saturated heterocycles. The minimum absolute atomic E-state index is 0.236. The second-order valence-corrected chi connectivity index (χ2v) is 8.17. The molecule has 2 aliphatic rings. The van der Waals surface area contributed by atoms with Crippen molar-refractivity contribution in [3.63, 3.8) is 0 Å². The summed E-state index contributed by atoms with van der Waals surface area (Å²) in [5.74, 6) is -3.24. The SMILES string of the molecule is C[C@@H](C(=O)Nc1nn(C)c(-c2ccc(F)cc2)c1C1CCC1)C1CC(F)(F)C1. The van der Waals surface area contributed by atoms with Gasteiger partial charge in [0.25, 0.3) is 0 Å². The van der Waals surface area contributed by atoms with E-state index in [9.17, 15) is 18.0 Å². The second-order valence-electron chi connectivity index (χ2n) is 8.17. The summed E-state index contributed by atoms with van der Waals surface area (Å²) in [7, 11) is 1.80. The zero-order valence-electron chi connectivity index (χ0n) is 16.0. The molecule has 1 atom stereocenters. The van der Waals surface area contributed by atoms with Gasteiger partial charge in [-0.2, -0.15) is 5.10 Å². The first-order chi connectivity index (χ1) is 13.2. The zero-order valence-corrected chi connectivity index (χ0v) is 16.0. The molecule has 2 aliphatic carbocycles. The maximum atomic E-state index is 13.3. The minimum atomic E-state index is -2.64. The molecule has 7 heteroatoms. The molecule has 1 aromatic carbocycles. The fourth-order valence-corrected chi connectivity index (χ4v) is 4.17. The fraction of sp³-hybridized carbons (Fsp3) is 0.524. The van der Waals surface area contributed by atoms with Crippen molar-refractivity contribution in [1.82, 2.24) is 9.78 Å². The molecular formula is C21H24F3N3O. The van der Waals surface area contributed by atoms with Gasteiger partial charge >= 0.3 is 0 Å². The van der Waals surface area contributed by atoms with Gasteiger partial charge in [0.2, 0.25) is 11.8 Å². The first kappa shape index (κ1) is 19.0. The number of halogens is 3. The minimum Gasteiger partial charge on any atom is -0.309 e. The van der Waals surface area contributed by atoms with Crippen molar-refractivity contribution in [3.05, 3.63) is 35.6 Å². The van der Waals surface area contributed by atoms with Gasteiger partial charge in [-0.1, -0.05) is 13.3 Å². The Morgan fingerprint density at radius 3 is 2.43 bits per heavy atom. The van der Waals surface area contributed by atoms with Crippen LogP contribution in [0, 0.1) is 17.7 Å². The van der Waals surface area contributed by atoms with Crippen molar-refractivity contribution in [2.45, 2.75) is 50.9 Å². The Hall–Kier alpha value is -2.31. The molecule has 1 N–H and O–H groups in total. The number of benzene rings is 1. The van der Waals surface area contributed by atoms with Crippen LogP contribution in [0.15, 0.2) is 24.3 Å². The monoisotopic (exact) mass is 391 g/mol. The van der Waals surface area contributed by atoms with E-state index < -0.39 is 11.8 Å². The Morgan fingerprint density at radius 1 is 1.25 bits per heavy atom. The van der Waals surface area contributed by atoms with Crippen molar-refractivity contribution in [2.75, 3.05) is 5.32 Å². The number of carbonyl (C=O) groups is 1. The van der Waals surface area contributed by atoms with Crippen molar-refractivity contribution in [2.24, 2.45) is 18.9 Å². The largest absolute Gasteiger partial charge is 0.309 e. The first-order valence-corrected chi connectivity index (χ1v) is 9.76. The fourth-order valence-electron chi connectivity index (χ4n) is 4.17. The lowest BCUT2D eigenvalue weighted by molar-refractivity contribution is -0.140. The van der Waals surface area contributed by atoms with Crippen LogP contribution in [0.3, 0.4) is 0 Å². The quantitative estimate of drug-likeness (QED) is 0.770. The molecular weight excluding hydrogens is 367 g/mol. The van der Waals surface area contributed by atoms with Gasteiger partial charge in [-0.25, -0.2) is 13.2 Å². The molecule has 2 fully saturated rings. The van der Waals surface area contributed by atoms with Crippen LogP contribution >= 0.6 is 0 Å². The highest BCUT2D eigenvalue weighted by atomic mass is 19.3. The molecule has 2 saturated carbocycles. The third kappa shape index (κ3) is 3.42. The van der Waals surface area contributed by atoms with Gasteiger partial charge in [0.1, 0.15) is 5.82 Å². The predicted octanol–water partition coefficient (Wildman–Crippen LogP) is 5.11. The van der Waals surface area contributed by atoms with Crippen LogP contribution in [-0.4, -0.2) is 21.6 Å². The molecule has 2 aromatic rings. The van der Waals surface area contributed by atoms with E-state index in [1.54, 1.807) is 30.8 Å². The van der Waals surface area contributed by atoms with Crippen LogP contribution in [-0.2, 0) is 11.8 Å². The van der Waals surface area contributed by atoms with Crippen LogP contribution < -0.4 is 5.32 Å². The van der Waals surface area contributed by atoms with E-state index in [2.05, 4.69) is 10.4 Å². The standard InChI is InChI=1S/C21H24F3N3O/c1-12(15-10-21(23,24)11-15)20(28)25-19-17(13-4-3-5-13)18(27(2)26-19)14-6-8-16(22)9-7-14/h6-9,12-13,15H,3-5,10-11H2,1-2H3,(H,25,26,28)/t12-/m1/s1. The topological polar surface area (TPSA) is 46.9 Å². The van der Waals surface area contributed by atoms with E-state index >= 15 is 0 Å². The van der Waals surface area contributed by atoms with Crippen LogP contribution in [0.5, 0.6) is 0 Å². The summed E-state index contributed by atoms with van der Waals surface area (Å²) in [5, 5.41) is 7.40. The molecule has 0 bridgehead atoms. The summed E-state index contributed by atoms with van der Waals surface area (Å²) in [4.78, 5) is 12.7. The van der Waals surface area contributed by atoms with Crippen LogP contribution in [0.2, 0.25) is 0 Å². The number of nitrogens with zero attached hydrogens (tertiary/aromatic N) is 2. The van der Waals surface area contributed by atoms with Crippen LogP contribution in [0.4, 0.5) is 19.0 Å². The molecule has 4 nitrogen and oxygen atoms in total. The third-order valence-corrected chi connectivity index (χ3v) is 6.20. The average Bonchev–Trinajstić information content (AvgIpc) is 2.87. The van der Waals surface area contributed by atoms with Crippen molar-refractivity contribution in [3.8, 4) is 11.3 Å². The lowest BCUT2D eigenvalue weighted by Gasteiger charge is -2.38. The number of rotatable bonds is 5. The van der Waals surface area contributed by atoms with Gasteiger partial charge in [-0.05, 0) is 48.9 Å². The van der Waals surface area contributed by atoms with Gasteiger partial charge in [0.15, 0.2) is 5.82 Å². The zero-order chi connectivity index (χ0) is 20.1. The van der Waals surface area contributed by atoms with E-state index in [1.807, 2.05) is 0 Å². The smallest absolute Gasteiger partial charge is 0.248 e. The molecule has 1 heterocycles. The number of hydrogen-bond acceptors (Lipinski definition) is 2. The number of carbonyl (C=O) groups excluding carboxylic acids is 1. The maximum absolute atomic E-state index is 13.3. The number of alkyl halides is 2. The number of hydrogen-bond donors (Lipinski definition) is 1. The molecule has 0 aliphatic heterocycles. The predicted molar refractivity (Wildman–Crippen MR) is 101 cm³/mol. The maximum Gasteiger partial charge on any atom is 0.248 e. The Balaban J connectivity index is 1.61. The lowest BCUT2D eigenvalue weighted by Crippen LogP contribution is -2.42. The number of aryl methyl sites for hydroxylation is 1. The highest BCUT2D eigenvalue weighted by molar-refractivity contribution is 5.93. The Kier molecular flexibility index (Phi) is 4.71. The van der Waals surface area contributed by atoms with Gasteiger partial charge in [-0.15, -0.1) is 0 Å². The Bertz CT molecular complexity index is 879. The van der Waals surface area contributed by atoms with Crippen molar-refractivity contribution >= 4 is 11.7 Å². The summed E-state index contributed by atoms with van der Waals surface area (Å²) < 4.78 is 41.4. The van der Waals surface area contributed by atoms with E-state index in [1.165, 1.54) is 12.1 Å². The molecule has 0 spiro atoms. The molecule has 28 heavy (non-hydrogen) atoms. The molecule has 0 radical (unpaired) electrons. The van der Waals surface area contributed by atoms with E-state index in [4.69, 9.17) is 0 Å². The van der Waals surface area contributed by atoms with Gasteiger partial charge < -0.3 is 5.32 Å². The highest BCUT2D eigenvalue weighted by Gasteiger charge is 2.49. The van der Waals surface area contributed by atoms with Crippen molar-refractivity contribution in [1.29, 1.82) is 0 Å². The first-order valence-electron chi connectivity index (χ1n) is 9.76. The summed E-state index contributed by atoms with van der Waals surface area (Å²) in [6.45, 7) is 1.70. The summed E-state index contributed by atoms with van der Waals surface area (Å²) >= 11 is 0. The number of aromatic nitrogens is 2. The molecule has 150 valence electrons. The second kappa shape index (κ2) is 6.94. The normalized spacial score (nSPS) is 20.3. The summed E-state index contributed by atoms with van der Waals surface area (Å²) in [5.41, 5.74) is 2.66. The van der Waals surface area contributed by atoms with E-state index in [0.29, 0.717) is 5.82 Å². The molecule has 1 aromatic heterocycles. The van der Waals surface area contributed by atoms with Gasteiger partial charge in [0, 0.05) is 36.9 Å². The summed E-state index contributed by atoms with van der Waals surface area (Å²) in [6, 6.07) is 6.23. The Labute approximate surface area is 162 Å². The van der Waals surface area contributed by atoms with Gasteiger partial charge in [-0.3, -0.25) is 9.48 Å². The Morgan fingerprint density at radius 2 is 1.89 bits per heavy atom. The van der Waals surface area contributed by atoms with E-state index in [-0.39, 0.29) is 36.4 Å². The lowest BCUT2D eigenvalue weighted by atomic mass is 9.73. The number of nitrogens with one attached hydrogen (secondary N) is 1. The van der Waals surface area contributed by atoms with Crippen LogP contribution in [0.25, 0.3) is 11.3 Å². The van der Waals surface area contributed by atoms with Crippen LogP contribution in [0.1, 0.15) is 50.5 Å². The third-order valence-electron chi connectivity index (χ3n) is 6.20. The molecule has 0 unspecified atom stereocenters.